The maximum atomic E-state index is 4.86. The zero-order valence-electron chi connectivity index (χ0n) is 19.0. The molecule has 1 heteroatoms. The average molecular weight is 404 g/mol. The van der Waals surface area contributed by atoms with E-state index in [1.807, 2.05) is 6.20 Å². The molecule has 31 heavy (non-hydrogen) atoms. The minimum absolute atomic E-state index is 0.428. The smallest absolute Gasteiger partial charge is 0.0780 e. The summed E-state index contributed by atoms with van der Waals surface area (Å²) in [4.78, 5) is 4.86. The van der Waals surface area contributed by atoms with Crippen LogP contribution in [0.5, 0.6) is 0 Å². The summed E-state index contributed by atoms with van der Waals surface area (Å²) in [5.74, 6) is 0.944. The van der Waals surface area contributed by atoms with Crippen molar-refractivity contribution in [3.63, 3.8) is 0 Å². The maximum absolute atomic E-state index is 4.86. The molecule has 0 aliphatic rings. The third-order valence-corrected chi connectivity index (χ3v) is 6.65. The molecule has 0 atom stereocenters. The molecule has 0 saturated carbocycles. The predicted octanol–water partition coefficient (Wildman–Crippen LogP) is 8.76. The topological polar surface area (TPSA) is 12.9 Å². The molecule has 0 bridgehead atoms. The summed E-state index contributed by atoms with van der Waals surface area (Å²) in [6.07, 6.45) is 1.97. The van der Waals surface area contributed by atoms with Crippen molar-refractivity contribution in [3.05, 3.63) is 89.6 Å². The van der Waals surface area contributed by atoms with Crippen LogP contribution < -0.4 is 0 Å². The molecule has 0 spiro atoms. The normalized spacial score (nSPS) is 12.0. The highest BCUT2D eigenvalue weighted by molar-refractivity contribution is 6.11. The zero-order chi connectivity index (χ0) is 21.7. The van der Waals surface area contributed by atoms with Gasteiger partial charge in [0.1, 0.15) is 0 Å². The highest BCUT2D eigenvalue weighted by atomic mass is 14.7. The second-order valence-corrected chi connectivity index (χ2v) is 9.29. The van der Waals surface area contributed by atoms with Crippen LogP contribution in [0.3, 0.4) is 0 Å². The number of aromatic nitrogens is 1. The van der Waals surface area contributed by atoms with E-state index in [4.69, 9.17) is 4.98 Å². The highest BCUT2D eigenvalue weighted by Crippen LogP contribution is 2.38. The third kappa shape index (κ3) is 3.20. The van der Waals surface area contributed by atoms with Gasteiger partial charge in [0.15, 0.2) is 0 Å². The summed E-state index contributed by atoms with van der Waals surface area (Å²) in [6.45, 7) is 11.3. The van der Waals surface area contributed by atoms with Crippen molar-refractivity contribution >= 4 is 32.3 Å². The Morgan fingerprint density at radius 2 is 1.39 bits per heavy atom. The van der Waals surface area contributed by atoms with E-state index in [0.29, 0.717) is 11.8 Å². The lowest BCUT2D eigenvalue weighted by Crippen LogP contribution is -1.97. The van der Waals surface area contributed by atoms with E-state index in [-0.39, 0.29) is 0 Å². The van der Waals surface area contributed by atoms with Crippen molar-refractivity contribution in [2.75, 3.05) is 0 Å². The molecule has 4 aromatic carbocycles. The minimum atomic E-state index is 0.428. The number of aryl methyl sites for hydroxylation is 1. The molecule has 154 valence electrons. The first-order chi connectivity index (χ1) is 15.0. The lowest BCUT2D eigenvalue weighted by molar-refractivity contribution is 0.859. The van der Waals surface area contributed by atoms with Crippen molar-refractivity contribution in [2.24, 2.45) is 0 Å². The number of rotatable bonds is 3. The van der Waals surface area contributed by atoms with E-state index in [0.717, 1.165) is 5.69 Å². The molecule has 0 fully saturated rings. The molecule has 1 heterocycles. The van der Waals surface area contributed by atoms with Gasteiger partial charge in [-0.3, -0.25) is 4.98 Å². The molecule has 5 rings (SSSR count). The number of fused-ring (bicyclic) bond motifs is 4. The first kappa shape index (κ1) is 19.8. The predicted molar refractivity (Wildman–Crippen MR) is 135 cm³/mol. The largest absolute Gasteiger partial charge is 0.256 e. The monoisotopic (exact) mass is 403 g/mol. The van der Waals surface area contributed by atoms with Crippen LogP contribution in [0, 0.1) is 6.92 Å². The van der Waals surface area contributed by atoms with Gasteiger partial charge in [-0.1, -0.05) is 76.2 Å². The van der Waals surface area contributed by atoms with Gasteiger partial charge in [-0.2, -0.15) is 0 Å². The first-order valence-corrected chi connectivity index (χ1v) is 11.3. The quantitative estimate of drug-likeness (QED) is 0.274. The van der Waals surface area contributed by atoms with Gasteiger partial charge in [-0.15, -0.1) is 0 Å². The zero-order valence-corrected chi connectivity index (χ0v) is 19.0. The van der Waals surface area contributed by atoms with Crippen LogP contribution in [0.2, 0.25) is 0 Å². The van der Waals surface area contributed by atoms with E-state index in [1.165, 1.54) is 54.6 Å². The Morgan fingerprint density at radius 1 is 0.645 bits per heavy atom. The van der Waals surface area contributed by atoms with Crippen LogP contribution in [0.25, 0.3) is 43.6 Å². The fourth-order valence-electron chi connectivity index (χ4n) is 5.05. The Kier molecular flexibility index (Phi) is 4.78. The van der Waals surface area contributed by atoms with E-state index < -0.39 is 0 Å². The second kappa shape index (κ2) is 7.50. The summed E-state index contributed by atoms with van der Waals surface area (Å²) in [5, 5.41) is 7.83. The molecule has 0 aliphatic heterocycles. The summed E-state index contributed by atoms with van der Waals surface area (Å²) in [5.41, 5.74) is 6.45. The Balaban J connectivity index is 1.83. The molecule has 1 aromatic heterocycles. The molecule has 0 radical (unpaired) electrons. The van der Waals surface area contributed by atoms with Crippen molar-refractivity contribution in [1.29, 1.82) is 0 Å². The van der Waals surface area contributed by atoms with E-state index in [2.05, 4.69) is 101 Å². The van der Waals surface area contributed by atoms with Crippen molar-refractivity contribution < 1.29 is 0 Å². The number of hydrogen-bond acceptors (Lipinski definition) is 1. The number of pyridine rings is 1. The van der Waals surface area contributed by atoms with Gasteiger partial charge in [-0.25, -0.2) is 0 Å². The van der Waals surface area contributed by atoms with Crippen molar-refractivity contribution in [3.8, 4) is 11.3 Å². The standard InChI is InChI=1S/C30H29N/c1-18(2)24-12-13-27-25(20(24)5)14-15-31-30(27)23-16-22-11-10-21-8-6-7-9-26(21)29(22)28(17-23)19(3)4/h6-19H,1-5H3. The minimum Gasteiger partial charge on any atom is -0.256 e. The van der Waals surface area contributed by atoms with Crippen LogP contribution in [0.1, 0.15) is 56.2 Å². The van der Waals surface area contributed by atoms with Gasteiger partial charge in [-0.05, 0) is 80.6 Å². The van der Waals surface area contributed by atoms with Crippen LogP contribution in [-0.2, 0) is 0 Å². The SMILES string of the molecule is Cc1c(C(C)C)ccc2c(-c3cc(C(C)C)c4c(ccc5ccccc54)c3)nccc12. The molecular weight excluding hydrogens is 374 g/mol. The fourth-order valence-corrected chi connectivity index (χ4v) is 5.05. The number of benzene rings is 4. The fraction of sp³-hybridized carbons (Fsp3) is 0.233. The number of nitrogens with zero attached hydrogens (tertiary/aromatic N) is 1. The molecule has 1 nitrogen and oxygen atoms in total. The Hall–Kier alpha value is -3.19. The van der Waals surface area contributed by atoms with Gasteiger partial charge < -0.3 is 0 Å². The lowest BCUT2D eigenvalue weighted by Gasteiger charge is -2.17. The van der Waals surface area contributed by atoms with Gasteiger partial charge in [0, 0.05) is 17.1 Å². The van der Waals surface area contributed by atoms with Crippen LogP contribution in [-0.4, -0.2) is 4.98 Å². The van der Waals surface area contributed by atoms with Crippen molar-refractivity contribution in [2.45, 2.75) is 46.5 Å². The molecule has 5 aromatic rings. The highest BCUT2D eigenvalue weighted by Gasteiger charge is 2.15. The van der Waals surface area contributed by atoms with Gasteiger partial charge in [0.25, 0.3) is 0 Å². The Labute approximate surface area is 184 Å². The average Bonchev–Trinajstić information content (AvgIpc) is 2.77. The van der Waals surface area contributed by atoms with Crippen LogP contribution in [0.15, 0.2) is 72.9 Å². The summed E-state index contributed by atoms with van der Waals surface area (Å²) in [7, 11) is 0. The third-order valence-electron chi connectivity index (χ3n) is 6.65. The molecule has 0 saturated heterocycles. The summed E-state index contributed by atoms with van der Waals surface area (Å²) in [6, 6.07) is 24.6. The molecule has 0 aliphatic carbocycles. The summed E-state index contributed by atoms with van der Waals surface area (Å²) < 4.78 is 0. The van der Waals surface area contributed by atoms with Gasteiger partial charge in [0.2, 0.25) is 0 Å². The molecular formula is C30H29N. The van der Waals surface area contributed by atoms with Gasteiger partial charge >= 0.3 is 0 Å². The van der Waals surface area contributed by atoms with Crippen molar-refractivity contribution in [1.82, 2.24) is 4.98 Å². The molecule has 0 unspecified atom stereocenters. The Morgan fingerprint density at radius 3 is 2.16 bits per heavy atom. The van der Waals surface area contributed by atoms with E-state index in [1.54, 1.807) is 0 Å². The van der Waals surface area contributed by atoms with Crippen LogP contribution in [0.4, 0.5) is 0 Å². The first-order valence-electron chi connectivity index (χ1n) is 11.3. The lowest BCUT2D eigenvalue weighted by atomic mass is 9.88. The van der Waals surface area contributed by atoms with E-state index >= 15 is 0 Å². The second-order valence-electron chi connectivity index (χ2n) is 9.29. The van der Waals surface area contributed by atoms with Gasteiger partial charge in [0.05, 0.1) is 5.69 Å². The van der Waals surface area contributed by atoms with E-state index in [9.17, 15) is 0 Å². The maximum Gasteiger partial charge on any atom is 0.0780 e. The van der Waals surface area contributed by atoms with Crippen LogP contribution >= 0.6 is 0 Å². The Bertz CT molecular complexity index is 1440. The number of hydrogen-bond donors (Lipinski definition) is 0. The summed E-state index contributed by atoms with van der Waals surface area (Å²) >= 11 is 0. The molecule has 0 amide bonds. The molecule has 0 N–H and O–H groups in total.